The van der Waals surface area contributed by atoms with Gasteiger partial charge in [-0.2, -0.15) is 0 Å². The Morgan fingerprint density at radius 2 is 1.92 bits per heavy atom. The van der Waals surface area contributed by atoms with Crippen LogP contribution in [0.4, 0.5) is 0 Å². The molecular weight excluding hydrogens is 380 g/mol. The number of quaternary nitrogens is 1. The van der Waals surface area contributed by atoms with Crippen LogP contribution in [0.25, 0.3) is 0 Å². The first-order chi connectivity index (χ1) is 11.9. The fourth-order valence-corrected chi connectivity index (χ4v) is 3.22. The third kappa shape index (κ3) is 5.31. The SMILES string of the molecule is COc1ccc(Br)cc1C[NH+](C)[C@@H](C)C(=O)N(C)Cc1ccccc1. The molecule has 134 valence electrons. The number of hydrogen-bond donors (Lipinski definition) is 1. The van der Waals surface area contributed by atoms with Crippen molar-refractivity contribution < 1.29 is 14.4 Å². The molecule has 25 heavy (non-hydrogen) atoms. The quantitative estimate of drug-likeness (QED) is 0.767. The minimum Gasteiger partial charge on any atom is -0.496 e. The maximum atomic E-state index is 12.8. The summed E-state index contributed by atoms with van der Waals surface area (Å²) in [5.41, 5.74) is 2.22. The van der Waals surface area contributed by atoms with E-state index in [1.165, 1.54) is 0 Å². The molecule has 2 aromatic carbocycles. The maximum absolute atomic E-state index is 12.8. The van der Waals surface area contributed by atoms with Crippen LogP contribution in [0.3, 0.4) is 0 Å². The van der Waals surface area contributed by atoms with E-state index in [4.69, 9.17) is 4.74 Å². The van der Waals surface area contributed by atoms with E-state index in [9.17, 15) is 4.79 Å². The van der Waals surface area contributed by atoms with Crippen LogP contribution in [0.2, 0.25) is 0 Å². The van der Waals surface area contributed by atoms with E-state index in [1.807, 2.05) is 69.6 Å². The van der Waals surface area contributed by atoms with Gasteiger partial charge in [-0.3, -0.25) is 4.79 Å². The Morgan fingerprint density at radius 1 is 1.24 bits per heavy atom. The second-order valence-electron chi connectivity index (χ2n) is 6.38. The molecule has 5 heteroatoms. The molecule has 0 spiro atoms. The zero-order valence-electron chi connectivity index (χ0n) is 15.3. The van der Waals surface area contributed by atoms with Crippen LogP contribution in [-0.2, 0) is 17.9 Å². The number of carbonyl (C=O) groups excluding carboxylic acids is 1. The van der Waals surface area contributed by atoms with E-state index < -0.39 is 0 Å². The number of nitrogens with one attached hydrogen (secondary N) is 1. The Balaban J connectivity index is 2.02. The van der Waals surface area contributed by atoms with E-state index in [0.717, 1.165) is 26.2 Å². The molecule has 1 amide bonds. The van der Waals surface area contributed by atoms with Gasteiger partial charge >= 0.3 is 0 Å². The molecule has 4 nitrogen and oxygen atoms in total. The molecule has 2 rings (SSSR count). The second kappa shape index (κ2) is 9.02. The molecule has 0 fully saturated rings. The Kier molecular flexibility index (Phi) is 7.02. The van der Waals surface area contributed by atoms with Crippen LogP contribution < -0.4 is 9.64 Å². The average molecular weight is 406 g/mol. The first-order valence-corrected chi connectivity index (χ1v) is 9.15. The molecule has 0 aliphatic heterocycles. The molecule has 0 saturated carbocycles. The molecule has 1 N–H and O–H groups in total. The van der Waals surface area contributed by atoms with Gasteiger partial charge in [0.25, 0.3) is 5.91 Å². The number of halogens is 1. The number of likely N-dealkylation sites (N-methyl/N-ethyl adjacent to an activating group) is 2. The van der Waals surface area contributed by atoms with Crippen molar-refractivity contribution in [2.45, 2.75) is 26.1 Å². The third-order valence-electron chi connectivity index (χ3n) is 4.46. The highest BCUT2D eigenvalue weighted by Gasteiger charge is 2.26. The van der Waals surface area contributed by atoms with Gasteiger partial charge in [0.15, 0.2) is 6.04 Å². The summed E-state index contributed by atoms with van der Waals surface area (Å²) in [5.74, 6) is 0.982. The maximum Gasteiger partial charge on any atom is 0.280 e. The van der Waals surface area contributed by atoms with Gasteiger partial charge in [-0.1, -0.05) is 46.3 Å². The predicted octanol–water partition coefficient (Wildman–Crippen LogP) is 2.52. The number of methoxy groups -OCH3 is 1. The third-order valence-corrected chi connectivity index (χ3v) is 4.95. The lowest BCUT2D eigenvalue weighted by atomic mass is 10.1. The zero-order valence-corrected chi connectivity index (χ0v) is 16.8. The standard InChI is InChI=1S/C20H25BrN2O2/c1-15(20(24)23(3)13-16-8-6-5-7-9-16)22(2)14-17-12-18(21)10-11-19(17)25-4/h5-12,15H,13-14H2,1-4H3/p+1/t15-/m0/s1. The van der Waals surface area contributed by atoms with Crippen molar-refractivity contribution in [3.05, 3.63) is 64.1 Å². The molecule has 0 bridgehead atoms. The molecule has 2 aromatic rings. The minimum atomic E-state index is -0.141. The van der Waals surface area contributed by atoms with Crippen molar-refractivity contribution in [2.24, 2.45) is 0 Å². The smallest absolute Gasteiger partial charge is 0.280 e. The number of carbonyl (C=O) groups is 1. The van der Waals surface area contributed by atoms with Crippen molar-refractivity contribution in [1.29, 1.82) is 0 Å². The van der Waals surface area contributed by atoms with Gasteiger partial charge < -0.3 is 14.5 Å². The summed E-state index contributed by atoms with van der Waals surface area (Å²) in [5, 5.41) is 0. The van der Waals surface area contributed by atoms with Crippen molar-refractivity contribution in [3.63, 3.8) is 0 Å². The molecule has 0 heterocycles. The molecule has 2 atom stereocenters. The highest BCUT2D eigenvalue weighted by atomic mass is 79.9. The molecule has 0 aromatic heterocycles. The summed E-state index contributed by atoms with van der Waals surface area (Å²) in [4.78, 5) is 15.7. The summed E-state index contributed by atoms with van der Waals surface area (Å²) in [6, 6.07) is 15.9. The summed E-state index contributed by atoms with van der Waals surface area (Å²) in [7, 11) is 5.57. The van der Waals surface area contributed by atoms with E-state index >= 15 is 0 Å². The topological polar surface area (TPSA) is 34.0 Å². The molecular formula is C20H26BrN2O2+. The zero-order chi connectivity index (χ0) is 18.4. The van der Waals surface area contributed by atoms with Crippen molar-refractivity contribution in [3.8, 4) is 5.75 Å². The van der Waals surface area contributed by atoms with Crippen molar-refractivity contribution >= 4 is 21.8 Å². The monoisotopic (exact) mass is 405 g/mol. The van der Waals surface area contributed by atoms with Gasteiger partial charge in [0.1, 0.15) is 12.3 Å². The van der Waals surface area contributed by atoms with Crippen LogP contribution in [0, 0.1) is 0 Å². The lowest BCUT2D eigenvalue weighted by Gasteiger charge is -2.26. The normalized spacial score (nSPS) is 13.2. The molecule has 0 radical (unpaired) electrons. The lowest BCUT2D eigenvalue weighted by molar-refractivity contribution is -0.908. The molecule has 0 aliphatic carbocycles. The number of benzene rings is 2. The number of amides is 1. The Bertz CT molecular complexity index is 706. The van der Waals surface area contributed by atoms with Gasteiger partial charge in [0, 0.05) is 23.6 Å². The van der Waals surface area contributed by atoms with Crippen LogP contribution >= 0.6 is 15.9 Å². The van der Waals surface area contributed by atoms with Gasteiger partial charge in [-0.25, -0.2) is 0 Å². The second-order valence-corrected chi connectivity index (χ2v) is 7.30. The van der Waals surface area contributed by atoms with Gasteiger partial charge in [-0.15, -0.1) is 0 Å². The highest BCUT2D eigenvalue weighted by Crippen LogP contribution is 2.22. The summed E-state index contributed by atoms with van der Waals surface area (Å²) in [6.45, 7) is 3.32. The van der Waals surface area contributed by atoms with Crippen LogP contribution in [0.1, 0.15) is 18.1 Å². The number of nitrogens with zero attached hydrogens (tertiary/aromatic N) is 1. The number of hydrogen-bond acceptors (Lipinski definition) is 2. The van der Waals surface area contributed by atoms with Gasteiger partial charge in [-0.05, 0) is 30.7 Å². The number of rotatable bonds is 7. The lowest BCUT2D eigenvalue weighted by Crippen LogP contribution is -3.12. The Hall–Kier alpha value is -1.85. The highest BCUT2D eigenvalue weighted by molar-refractivity contribution is 9.10. The van der Waals surface area contributed by atoms with Crippen molar-refractivity contribution in [2.75, 3.05) is 21.2 Å². The van der Waals surface area contributed by atoms with Crippen LogP contribution in [0.5, 0.6) is 5.75 Å². The van der Waals surface area contributed by atoms with Gasteiger partial charge in [0.2, 0.25) is 0 Å². The fourth-order valence-electron chi connectivity index (χ4n) is 2.82. The van der Waals surface area contributed by atoms with Crippen molar-refractivity contribution in [1.82, 2.24) is 4.90 Å². The Morgan fingerprint density at radius 3 is 2.56 bits per heavy atom. The molecule has 0 saturated heterocycles. The summed E-state index contributed by atoms with van der Waals surface area (Å²) < 4.78 is 6.45. The van der Waals surface area contributed by atoms with E-state index in [0.29, 0.717) is 13.1 Å². The summed E-state index contributed by atoms with van der Waals surface area (Å²) >= 11 is 3.50. The van der Waals surface area contributed by atoms with E-state index in [1.54, 1.807) is 12.0 Å². The first kappa shape index (κ1) is 19.5. The predicted molar refractivity (Wildman–Crippen MR) is 104 cm³/mol. The number of ether oxygens (including phenoxy) is 1. The minimum absolute atomic E-state index is 0.135. The van der Waals surface area contributed by atoms with Crippen LogP contribution in [0.15, 0.2) is 53.0 Å². The summed E-state index contributed by atoms with van der Waals surface area (Å²) in [6.07, 6.45) is 0. The van der Waals surface area contributed by atoms with Gasteiger partial charge in [0.05, 0.1) is 14.2 Å². The van der Waals surface area contributed by atoms with Crippen LogP contribution in [-0.4, -0.2) is 38.1 Å². The fraction of sp³-hybridized carbons (Fsp3) is 0.350. The van der Waals surface area contributed by atoms with E-state index in [-0.39, 0.29) is 11.9 Å². The Labute approximate surface area is 158 Å². The molecule has 0 aliphatic rings. The largest absolute Gasteiger partial charge is 0.496 e. The average Bonchev–Trinajstić information content (AvgIpc) is 2.61. The first-order valence-electron chi connectivity index (χ1n) is 8.36. The van der Waals surface area contributed by atoms with E-state index in [2.05, 4.69) is 15.9 Å². The molecule has 1 unspecified atom stereocenters.